The molecule has 0 saturated carbocycles. The molecular weight excluding hydrogens is 293 g/mol. The van der Waals surface area contributed by atoms with Gasteiger partial charge in [0.1, 0.15) is 17.3 Å². The van der Waals surface area contributed by atoms with Gasteiger partial charge in [-0.25, -0.2) is 4.39 Å². The van der Waals surface area contributed by atoms with Gasteiger partial charge < -0.3 is 14.8 Å². The Balaban J connectivity index is 2.50. The van der Waals surface area contributed by atoms with Gasteiger partial charge in [-0.15, -0.1) is 0 Å². The Bertz CT molecular complexity index is 634. The van der Waals surface area contributed by atoms with E-state index in [1.165, 1.54) is 6.07 Å². The van der Waals surface area contributed by atoms with Crippen LogP contribution >= 0.6 is 11.6 Å². The van der Waals surface area contributed by atoms with Crippen molar-refractivity contribution in [1.29, 1.82) is 0 Å². The Hall–Kier alpha value is -1.78. The summed E-state index contributed by atoms with van der Waals surface area (Å²) >= 11 is 5.81. The first-order valence-corrected chi connectivity index (χ1v) is 6.82. The molecular formula is C16H17ClFNO2. The minimum Gasteiger partial charge on any atom is -0.497 e. The summed E-state index contributed by atoms with van der Waals surface area (Å²) < 4.78 is 24.7. The van der Waals surface area contributed by atoms with Crippen LogP contribution in [-0.2, 0) is 0 Å². The zero-order chi connectivity index (χ0) is 15.4. The summed E-state index contributed by atoms with van der Waals surface area (Å²) in [4.78, 5) is 0. The van der Waals surface area contributed by atoms with Crippen molar-refractivity contribution in [2.45, 2.75) is 6.04 Å². The van der Waals surface area contributed by atoms with Gasteiger partial charge in [-0.05, 0) is 31.3 Å². The van der Waals surface area contributed by atoms with E-state index in [1.54, 1.807) is 39.5 Å². The SMILES string of the molecule is CNC(c1ccc(Cl)cc1F)c1ccc(OC)cc1OC. The quantitative estimate of drug-likeness (QED) is 0.911. The average Bonchev–Trinajstić information content (AvgIpc) is 2.50. The second-order valence-corrected chi connectivity index (χ2v) is 4.93. The zero-order valence-corrected chi connectivity index (χ0v) is 12.9. The molecule has 0 heterocycles. The molecule has 1 atom stereocenters. The van der Waals surface area contributed by atoms with E-state index in [0.29, 0.717) is 22.1 Å². The Morgan fingerprint density at radius 1 is 1.05 bits per heavy atom. The third-order valence-corrected chi connectivity index (χ3v) is 3.55. The maximum atomic E-state index is 14.2. The minimum absolute atomic E-state index is 0.344. The third-order valence-electron chi connectivity index (χ3n) is 3.31. The highest BCUT2D eigenvalue weighted by molar-refractivity contribution is 6.30. The molecule has 0 aliphatic heterocycles. The first-order chi connectivity index (χ1) is 10.1. The number of hydrogen-bond acceptors (Lipinski definition) is 3. The Labute approximate surface area is 128 Å². The summed E-state index contributed by atoms with van der Waals surface area (Å²) in [5, 5.41) is 3.47. The van der Waals surface area contributed by atoms with Gasteiger partial charge in [0.05, 0.1) is 20.3 Å². The fourth-order valence-corrected chi connectivity index (χ4v) is 2.43. The van der Waals surface area contributed by atoms with Crippen LogP contribution in [0.15, 0.2) is 36.4 Å². The molecule has 0 aromatic heterocycles. The summed E-state index contributed by atoms with van der Waals surface area (Å²) in [5.41, 5.74) is 1.33. The molecule has 0 fully saturated rings. The number of rotatable bonds is 5. The lowest BCUT2D eigenvalue weighted by molar-refractivity contribution is 0.388. The smallest absolute Gasteiger partial charge is 0.129 e. The number of benzene rings is 2. The van der Waals surface area contributed by atoms with Crippen molar-refractivity contribution in [3.63, 3.8) is 0 Å². The van der Waals surface area contributed by atoms with E-state index in [1.807, 2.05) is 12.1 Å². The molecule has 0 bridgehead atoms. The predicted octanol–water partition coefficient (Wildman–Crippen LogP) is 3.81. The van der Waals surface area contributed by atoms with Gasteiger partial charge in [-0.3, -0.25) is 0 Å². The lowest BCUT2D eigenvalue weighted by Crippen LogP contribution is -2.19. The summed E-state index contributed by atoms with van der Waals surface area (Å²) in [6.07, 6.45) is 0. The molecule has 0 radical (unpaired) electrons. The van der Waals surface area contributed by atoms with Crippen molar-refractivity contribution in [2.75, 3.05) is 21.3 Å². The highest BCUT2D eigenvalue weighted by Gasteiger charge is 2.20. The molecule has 21 heavy (non-hydrogen) atoms. The summed E-state index contributed by atoms with van der Waals surface area (Å²) in [7, 11) is 4.93. The molecule has 0 saturated heterocycles. The van der Waals surface area contributed by atoms with Gasteiger partial charge in [-0.1, -0.05) is 17.7 Å². The molecule has 0 amide bonds. The van der Waals surface area contributed by atoms with Gasteiger partial charge in [0.2, 0.25) is 0 Å². The molecule has 2 aromatic rings. The Morgan fingerprint density at radius 2 is 1.76 bits per heavy atom. The number of nitrogens with one attached hydrogen (secondary N) is 1. The third kappa shape index (κ3) is 3.28. The molecule has 3 nitrogen and oxygen atoms in total. The van der Waals surface area contributed by atoms with E-state index in [0.717, 1.165) is 5.56 Å². The van der Waals surface area contributed by atoms with Gasteiger partial charge in [-0.2, -0.15) is 0 Å². The number of ether oxygens (including phenoxy) is 2. The van der Waals surface area contributed by atoms with Crippen LogP contribution in [0.25, 0.3) is 0 Å². The molecule has 2 aromatic carbocycles. The van der Waals surface area contributed by atoms with Gasteiger partial charge >= 0.3 is 0 Å². The van der Waals surface area contributed by atoms with E-state index >= 15 is 0 Å². The number of hydrogen-bond donors (Lipinski definition) is 1. The summed E-state index contributed by atoms with van der Waals surface area (Å²) in [5.74, 6) is 0.949. The standard InChI is InChI=1S/C16H17ClFNO2/c1-19-16(12-6-4-10(17)8-14(12)18)13-7-5-11(20-2)9-15(13)21-3/h4-9,16,19H,1-3H3. The van der Waals surface area contributed by atoms with Crippen molar-refractivity contribution >= 4 is 11.6 Å². The second-order valence-electron chi connectivity index (χ2n) is 4.50. The van der Waals surface area contributed by atoms with E-state index in [-0.39, 0.29) is 11.9 Å². The van der Waals surface area contributed by atoms with Crippen molar-refractivity contribution in [3.8, 4) is 11.5 Å². The molecule has 2 rings (SSSR count). The maximum absolute atomic E-state index is 14.2. The maximum Gasteiger partial charge on any atom is 0.129 e. The first kappa shape index (κ1) is 15.6. The highest BCUT2D eigenvalue weighted by atomic mass is 35.5. The molecule has 0 aliphatic rings. The van der Waals surface area contributed by atoms with Crippen LogP contribution in [0, 0.1) is 5.82 Å². The van der Waals surface area contributed by atoms with Gasteiger partial charge in [0.15, 0.2) is 0 Å². The largest absolute Gasteiger partial charge is 0.497 e. The minimum atomic E-state index is -0.361. The number of halogens is 2. The van der Waals surface area contributed by atoms with Crippen molar-refractivity contribution in [1.82, 2.24) is 5.32 Å². The van der Waals surface area contributed by atoms with Crippen molar-refractivity contribution in [2.24, 2.45) is 0 Å². The lowest BCUT2D eigenvalue weighted by atomic mass is 9.97. The van der Waals surface area contributed by atoms with E-state index in [9.17, 15) is 4.39 Å². The molecule has 0 aliphatic carbocycles. The second kappa shape index (κ2) is 6.78. The van der Waals surface area contributed by atoms with Gasteiger partial charge in [0, 0.05) is 22.2 Å². The summed E-state index contributed by atoms with van der Waals surface area (Å²) in [6, 6.07) is 9.74. The molecule has 1 unspecified atom stereocenters. The average molecular weight is 310 g/mol. The molecule has 0 spiro atoms. The van der Waals surface area contributed by atoms with E-state index in [2.05, 4.69) is 5.32 Å². The van der Waals surface area contributed by atoms with Crippen LogP contribution in [0.4, 0.5) is 4.39 Å². The van der Waals surface area contributed by atoms with Crippen LogP contribution in [0.5, 0.6) is 11.5 Å². The predicted molar refractivity (Wildman–Crippen MR) is 81.9 cm³/mol. The molecule has 1 N–H and O–H groups in total. The monoisotopic (exact) mass is 309 g/mol. The Kier molecular flexibility index (Phi) is 5.04. The van der Waals surface area contributed by atoms with Crippen LogP contribution in [0.1, 0.15) is 17.2 Å². The van der Waals surface area contributed by atoms with Crippen molar-refractivity contribution < 1.29 is 13.9 Å². The van der Waals surface area contributed by atoms with E-state index in [4.69, 9.17) is 21.1 Å². The van der Waals surface area contributed by atoms with E-state index < -0.39 is 0 Å². The summed E-state index contributed by atoms with van der Waals surface area (Å²) in [6.45, 7) is 0. The zero-order valence-electron chi connectivity index (χ0n) is 12.1. The van der Waals surface area contributed by atoms with Crippen LogP contribution < -0.4 is 14.8 Å². The topological polar surface area (TPSA) is 30.5 Å². The Morgan fingerprint density at radius 3 is 2.33 bits per heavy atom. The fourth-order valence-electron chi connectivity index (χ4n) is 2.27. The first-order valence-electron chi connectivity index (χ1n) is 6.44. The van der Waals surface area contributed by atoms with Gasteiger partial charge in [0.25, 0.3) is 0 Å². The highest BCUT2D eigenvalue weighted by Crippen LogP contribution is 2.34. The molecule has 112 valence electrons. The van der Waals surface area contributed by atoms with Crippen LogP contribution in [0.3, 0.4) is 0 Å². The van der Waals surface area contributed by atoms with Crippen molar-refractivity contribution in [3.05, 3.63) is 58.4 Å². The van der Waals surface area contributed by atoms with Crippen LogP contribution in [-0.4, -0.2) is 21.3 Å². The van der Waals surface area contributed by atoms with Crippen LogP contribution in [0.2, 0.25) is 5.02 Å². The fraction of sp³-hybridized carbons (Fsp3) is 0.250. The normalized spacial score (nSPS) is 12.0. The molecule has 5 heteroatoms. The number of methoxy groups -OCH3 is 2. The lowest BCUT2D eigenvalue weighted by Gasteiger charge is -2.21.